The summed E-state index contributed by atoms with van der Waals surface area (Å²) in [5.41, 5.74) is 0. The molecule has 4 aliphatic carbocycles. The van der Waals surface area contributed by atoms with Crippen LogP contribution in [0.3, 0.4) is 0 Å². The van der Waals surface area contributed by atoms with Crippen molar-refractivity contribution in [3.8, 4) is 0 Å². The first-order chi connectivity index (χ1) is 25.1. The summed E-state index contributed by atoms with van der Waals surface area (Å²) in [6, 6.07) is -4.25. The first-order valence-electron chi connectivity index (χ1n) is 18.9. The fraction of sp³-hybridized carbons (Fsp3) is 0.784. The molecule has 4 amide bonds. The van der Waals surface area contributed by atoms with Crippen molar-refractivity contribution in [2.75, 3.05) is 48.0 Å². The number of ether oxygens (including phenoxy) is 4. The summed E-state index contributed by atoms with van der Waals surface area (Å²) in [6.45, 7) is -0.718. The number of cyclic esters (lactones) is 4. The Morgan fingerprint density at radius 1 is 0.434 bits per heavy atom. The summed E-state index contributed by atoms with van der Waals surface area (Å²) >= 11 is 0. The van der Waals surface area contributed by atoms with Gasteiger partial charge in [0.15, 0.2) is 25.9 Å². The fourth-order valence-corrected chi connectivity index (χ4v) is 6.58. The molecule has 0 radical (unpaired) electrons. The van der Waals surface area contributed by atoms with Crippen LogP contribution in [0.1, 0.15) is 84.0 Å². The quantitative estimate of drug-likeness (QED) is 0.255. The molecule has 0 aromatic heterocycles. The smallest absolute Gasteiger partial charge is 0.329 e. The molecule has 4 saturated carbocycles. The van der Waals surface area contributed by atoms with E-state index in [0.717, 1.165) is 71.0 Å². The van der Waals surface area contributed by atoms with Crippen molar-refractivity contribution < 1.29 is 57.3 Å². The third-order valence-corrected chi connectivity index (χ3v) is 11.2. The second kappa shape index (κ2) is 17.3. The summed E-state index contributed by atoms with van der Waals surface area (Å²) in [5.74, 6) is -5.24. The molecule has 0 N–H and O–H groups in total. The molecule has 0 bridgehead atoms. The van der Waals surface area contributed by atoms with E-state index in [1.807, 2.05) is 0 Å². The number of hydrogen-bond donors (Lipinski definition) is 0. The molecule has 0 aromatic carbocycles. The molecule has 5 aliphatic rings. The van der Waals surface area contributed by atoms with Gasteiger partial charge in [0, 0.05) is 28.2 Å². The van der Waals surface area contributed by atoms with Gasteiger partial charge in [0.05, 0.1) is 0 Å². The molecule has 1 saturated heterocycles. The van der Waals surface area contributed by atoms with Gasteiger partial charge in [-0.2, -0.15) is 0 Å². The molecule has 294 valence electrons. The van der Waals surface area contributed by atoms with Gasteiger partial charge in [0.2, 0.25) is 0 Å². The van der Waals surface area contributed by atoms with Crippen LogP contribution in [-0.4, -0.2) is 145 Å². The summed E-state index contributed by atoms with van der Waals surface area (Å²) in [7, 11) is 5.59. The summed E-state index contributed by atoms with van der Waals surface area (Å²) in [5, 5.41) is 0. The van der Waals surface area contributed by atoms with Crippen LogP contribution in [-0.2, 0) is 57.3 Å². The van der Waals surface area contributed by atoms with Crippen LogP contribution >= 0.6 is 0 Å². The van der Waals surface area contributed by atoms with E-state index in [9.17, 15) is 38.4 Å². The van der Waals surface area contributed by atoms with Crippen LogP contribution in [0, 0.1) is 23.7 Å². The maximum Gasteiger partial charge on any atom is 0.329 e. The first-order valence-corrected chi connectivity index (χ1v) is 18.9. The standard InChI is InChI=1S/C37H54N4O12/c1-21-33(45)41(5)28(16-24-10-11-24)36(48)52-19-31(43)39(3)26(14-22-6-7-22)34(46)50-18-30(42)38(2)27(15-23-8-9-23)35(47)51-20-32(44)40(4)29(37(49)53-21)17-25-12-13-25/h21-29H,6-20H2,1-5H3/t21-,26+,27?,28+,29?/m1/s1. The van der Waals surface area contributed by atoms with E-state index in [-0.39, 0.29) is 49.4 Å². The van der Waals surface area contributed by atoms with Crippen LogP contribution in [0.15, 0.2) is 0 Å². The van der Waals surface area contributed by atoms with Crippen LogP contribution in [0.4, 0.5) is 0 Å². The monoisotopic (exact) mass is 746 g/mol. The molecule has 0 spiro atoms. The van der Waals surface area contributed by atoms with Gasteiger partial charge in [-0.15, -0.1) is 0 Å². The Morgan fingerprint density at radius 3 is 0.981 bits per heavy atom. The number of rotatable bonds is 8. The Hall–Kier alpha value is -4.24. The number of amides is 4. The Balaban J connectivity index is 1.37. The van der Waals surface area contributed by atoms with Crippen molar-refractivity contribution in [2.45, 2.75) is 114 Å². The van der Waals surface area contributed by atoms with Crippen molar-refractivity contribution in [3.05, 3.63) is 0 Å². The topological polar surface area (TPSA) is 186 Å². The zero-order valence-electron chi connectivity index (χ0n) is 31.5. The molecule has 5 fully saturated rings. The maximum absolute atomic E-state index is 13.6. The van der Waals surface area contributed by atoms with Crippen molar-refractivity contribution in [1.82, 2.24) is 19.6 Å². The average Bonchev–Trinajstić information content (AvgIpc) is 3.93. The highest BCUT2D eigenvalue weighted by Crippen LogP contribution is 2.37. The van der Waals surface area contributed by atoms with Crippen molar-refractivity contribution in [2.24, 2.45) is 23.7 Å². The predicted octanol–water partition coefficient (Wildman–Crippen LogP) is 1.07. The van der Waals surface area contributed by atoms with Crippen LogP contribution in [0.2, 0.25) is 0 Å². The van der Waals surface area contributed by atoms with Crippen LogP contribution < -0.4 is 0 Å². The average molecular weight is 747 g/mol. The predicted molar refractivity (Wildman–Crippen MR) is 184 cm³/mol. The molecule has 2 unspecified atom stereocenters. The molecule has 16 heteroatoms. The van der Waals surface area contributed by atoms with Crippen LogP contribution in [0.5, 0.6) is 0 Å². The molecular weight excluding hydrogens is 692 g/mol. The molecule has 1 aliphatic heterocycles. The van der Waals surface area contributed by atoms with Crippen LogP contribution in [0.25, 0.3) is 0 Å². The van der Waals surface area contributed by atoms with Gasteiger partial charge in [-0.05, 0) is 56.3 Å². The molecule has 53 heavy (non-hydrogen) atoms. The van der Waals surface area contributed by atoms with E-state index >= 15 is 0 Å². The lowest BCUT2D eigenvalue weighted by molar-refractivity contribution is -0.170. The van der Waals surface area contributed by atoms with Gasteiger partial charge >= 0.3 is 23.9 Å². The van der Waals surface area contributed by atoms with Gasteiger partial charge in [-0.1, -0.05) is 51.4 Å². The zero-order chi connectivity index (χ0) is 38.6. The Bertz CT molecular complexity index is 1410. The molecule has 16 nitrogen and oxygen atoms in total. The third kappa shape index (κ3) is 11.1. The third-order valence-electron chi connectivity index (χ3n) is 11.2. The van der Waals surface area contributed by atoms with Gasteiger partial charge in [-0.3, -0.25) is 19.2 Å². The number of nitrogens with zero attached hydrogens (tertiary/aromatic N) is 4. The summed E-state index contributed by atoms with van der Waals surface area (Å²) in [6.07, 6.45) is 6.73. The molecule has 1 heterocycles. The lowest BCUT2D eigenvalue weighted by atomic mass is 10.1. The zero-order valence-corrected chi connectivity index (χ0v) is 31.5. The largest absolute Gasteiger partial charge is 0.454 e. The summed E-state index contributed by atoms with van der Waals surface area (Å²) < 4.78 is 21.9. The van der Waals surface area contributed by atoms with E-state index in [2.05, 4.69) is 0 Å². The Labute approximate surface area is 310 Å². The van der Waals surface area contributed by atoms with Crippen molar-refractivity contribution in [1.29, 1.82) is 0 Å². The minimum atomic E-state index is -1.33. The SMILES string of the molecule is C[C@H]1OC(=O)C(CC2CC2)N(C)C(=O)COC(=O)C(CC2CC2)N(C)C(=O)COC(=O)[C@H](CC2CC2)N(C)C(=O)COC(=O)[C@H](CC2CC2)N(C)C1=O. The fourth-order valence-electron chi connectivity index (χ4n) is 6.58. The highest BCUT2D eigenvalue weighted by Gasteiger charge is 2.42. The van der Waals surface area contributed by atoms with E-state index in [1.165, 1.54) is 35.1 Å². The summed E-state index contributed by atoms with van der Waals surface area (Å²) in [4.78, 5) is 112. The van der Waals surface area contributed by atoms with E-state index in [4.69, 9.17) is 18.9 Å². The van der Waals surface area contributed by atoms with Gasteiger partial charge in [0.1, 0.15) is 24.2 Å². The van der Waals surface area contributed by atoms with E-state index in [0.29, 0.717) is 0 Å². The normalized spacial score (nSPS) is 30.1. The number of hydrogen-bond acceptors (Lipinski definition) is 12. The number of esters is 4. The van der Waals surface area contributed by atoms with Crippen molar-refractivity contribution >= 4 is 47.5 Å². The van der Waals surface area contributed by atoms with Gasteiger partial charge in [0.25, 0.3) is 23.6 Å². The van der Waals surface area contributed by atoms with E-state index in [1.54, 1.807) is 0 Å². The molecule has 0 aromatic rings. The van der Waals surface area contributed by atoms with Crippen molar-refractivity contribution in [3.63, 3.8) is 0 Å². The first kappa shape index (κ1) is 40.0. The second-order valence-corrected chi connectivity index (χ2v) is 15.6. The lowest BCUT2D eigenvalue weighted by Crippen LogP contribution is -2.51. The van der Waals surface area contributed by atoms with E-state index < -0.39 is 97.6 Å². The minimum Gasteiger partial charge on any atom is -0.454 e. The Morgan fingerprint density at radius 2 is 0.698 bits per heavy atom. The molecule has 5 rings (SSSR count). The maximum atomic E-state index is 13.6. The van der Waals surface area contributed by atoms with Gasteiger partial charge < -0.3 is 38.5 Å². The second-order valence-electron chi connectivity index (χ2n) is 15.6. The highest BCUT2D eigenvalue weighted by atomic mass is 16.6. The number of carbonyl (C=O) groups excluding carboxylic acids is 8. The highest BCUT2D eigenvalue weighted by molar-refractivity contribution is 5.92. The van der Waals surface area contributed by atoms with Gasteiger partial charge in [-0.25, -0.2) is 19.2 Å². The molecular formula is C37H54N4O12. The lowest BCUT2D eigenvalue weighted by Gasteiger charge is -2.31. The minimum absolute atomic E-state index is 0.172. The molecule has 5 atom stereocenters. The number of carbonyl (C=O) groups is 8. The Kier molecular flexibility index (Phi) is 13.0. The number of likely N-dealkylation sites (N-methyl/N-ethyl adjacent to an activating group) is 4.